The van der Waals surface area contributed by atoms with E-state index >= 15 is 0 Å². The van der Waals surface area contributed by atoms with Gasteiger partial charge in [0, 0.05) is 19.5 Å². The van der Waals surface area contributed by atoms with Crippen LogP contribution in [-0.2, 0) is 17.6 Å². The van der Waals surface area contributed by atoms with E-state index in [1.807, 2.05) is 0 Å². The van der Waals surface area contributed by atoms with Crippen LogP contribution in [0, 0.1) is 0 Å². The van der Waals surface area contributed by atoms with E-state index in [0.717, 1.165) is 37.7 Å². The van der Waals surface area contributed by atoms with E-state index in [4.69, 9.17) is 17.0 Å². The summed E-state index contributed by atoms with van der Waals surface area (Å²) < 4.78 is 5.38. The van der Waals surface area contributed by atoms with Gasteiger partial charge in [0.05, 0.1) is 18.2 Å². The van der Waals surface area contributed by atoms with E-state index in [0.29, 0.717) is 0 Å². The number of benzene rings is 1. The third-order valence-electron chi connectivity index (χ3n) is 4.56. The number of thiocarbonyl (C=S) groups is 1. The van der Waals surface area contributed by atoms with Gasteiger partial charge in [0.15, 0.2) is 0 Å². The zero-order valence-corrected chi connectivity index (χ0v) is 15.4. The lowest BCUT2D eigenvalue weighted by Crippen LogP contribution is -2.40. The first-order chi connectivity index (χ1) is 11.3. The highest BCUT2D eigenvalue weighted by molar-refractivity contribution is 7.80. The molecule has 2 rings (SSSR count). The predicted octanol–water partition coefficient (Wildman–Crippen LogP) is 4.79. The number of nitrogens with zero attached hydrogens (tertiary/aromatic N) is 1. The smallest absolute Gasteiger partial charge is 0.0825 e. The highest BCUT2D eigenvalue weighted by Crippen LogP contribution is 2.13. The monoisotopic (exact) mass is 333 g/mol. The van der Waals surface area contributed by atoms with Crippen molar-refractivity contribution in [3.63, 3.8) is 0 Å². The Morgan fingerprint density at radius 1 is 0.957 bits per heavy atom. The molecule has 128 valence electrons. The minimum atomic E-state index is 0.803. The molecule has 23 heavy (non-hydrogen) atoms. The van der Waals surface area contributed by atoms with Gasteiger partial charge in [-0.1, -0.05) is 75.5 Å². The molecule has 0 radical (unpaired) electrons. The van der Waals surface area contributed by atoms with E-state index in [1.165, 1.54) is 56.1 Å². The van der Waals surface area contributed by atoms with Crippen LogP contribution < -0.4 is 0 Å². The molecule has 0 unspecified atom stereocenters. The van der Waals surface area contributed by atoms with Crippen LogP contribution in [0.3, 0.4) is 0 Å². The zero-order valence-electron chi connectivity index (χ0n) is 14.6. The third kappa shape index (κ3) is 7.01. The molecule has 0 amide bonds. The summed E-state index contributed by atoms with van der Waals surface area (Å²) in [7, 11) is 0. The van der Waals surface area contributed by atoms with Gasteiger partial charge in [0.2, 0.25) is 0 Å². The SMILES string of the molecule is CCCCCCCCc1ccc(CC(=S)N2CCOCC2)cc1. The van der Waals surface area contributed by atoms with Crippen LogP contribution in [0.15, 0.2) is 24.3 Å². The van der Waals surface area contributed by atoms with Gasteiger partial charge in [-0.3, -0.25) is 0 Å². The minimum Gasteiger partial charge on any atom is -0.378 e. The van der Waals surface area contributed by atoms with Gasteiger partial charge < -0.3 is 9.64 Å². The molecule has 0 aliphatic carbocycles. The molecule has 0 saturated carbocycles. The first-order valence-corrected chi connectivity index (χ1v) is 9.63. The first-order valence-electron chi connectivity index (χ1n) is 9.23. The maximum Gasteiger partial charge on any atom is 0.0825 e. The minimum absolute atomic E-state index is 0.803. The van der Waals surface area contributed by atoms with Crippen LogP contribution in [0.5, 0.6) is 0 Å². The molecule has 1 heterocycles. The van der Waals surface area contributed by atoms with Crippen molar-refractivity contribution in [1.29, 1.82) is 0 Å². The molecule has 3 heteroatoms. The van der Waals surface area contributed by atoms with Gasteiger partial charge in [0.25, 0.3) is 0 Å². The van der Waals surface area contributed by atoms with Crippen molar-refractivity contribution in [2.24, 2.45) is 0 Å². The Bertz CT molecular complexity index is 451. The molecule has 0 atom stereocenters. The highest BCUT2D eigenvalue weighted by atomic mass is 32.1. The zero-order chi connectivity index (χ0) is 16.3. The Morgan fingerprint density at radius 3 is 2.26 bits per heavy atom. The van der Waals surface area contributed by atoms with E-state index in [-0.39, 0.29) is 0 Å². The van der Waals surface area contributed by atoms with Crippen LogP contribution >= 0.6 is 12.2 Å². The summed E-state index contributed by atoms with van der Waals surface area (Å²) >= 11 is 5.58. The van der Waals surface area contributed by atoms with Crippen LogP contribution in [0.4, 0.5) is 0 Å². The van der Waals surface area contributed by atoms with Gasteiger partial charge in [-0.15, -0.1) is 0 Å². The quantitative estimate of drug-likeness (QED) is 0.476. The third-order valence-corrected chi connectivity index (χ3v) is 4.96. The number of hydrogen-bond acceptors (Lipinski definition) is 2. The lowest BCUT2D eigenvalue weighted by Gasteiger charge is -2.29. The Hall–Kier alpha value is -0.930. The number of aryl methyl sites for hydroxylation is 1. The molecule has 1 aliphatic heterocycles. The van der Waals surface area contributed by atoms with Crippen LogP contribution in [0.25, 0.3) is 0 Å². The molecule has 2 nitrogen and oxygen atoms in total. The molecule has 1 saturated heterocycles. The van der Waals surface area contributed by atoms with Crippen molar-refractivity contribution in [3.05, 3.63) is 35.4 Å². The number of ether oxygens (including phenoxy) is 1. The fraction of sp³-hybridized carbons (Fsp3) is 0.650. The molecular weight excluding hydrogens is 302 g/mol. The molecule has 0 spiro atoms. The second-order valence-electron chi connectivity index (χ2n) is 6.50. The number of morpholine rings is 1. The molecule has 0 N–H and O–H groups in total. The Labute approximate surface area is 147 Å². The van der Waals surface area contributed by atoms with E-state index in [9.17, 15) is 0 Å². The summed E-state index contributed by atoms with van der Waals surface area (Å²) in [5, 5.41) is 0. The summed E-state index contributed by atoms with van der Waals surface area (Å²) in [6, 6.07) is 9.06. The number of unbranched alkanes of at least 4 members (excludes halogenated alkanes) is 5. The van der Waals surface area contributed by atoms with Crippen LogP contribution in [-0.4, -0.2) is 36.2 Å². The lowest BCUT2D eigenvalue weighted by atomic mass is 10.0. The molecule has 1 aliphatic rings. The standard InChI is InChI=1S/C20H31NOS/c1-2-3-4-5-6-7-8-18-9-11-19(12-10-18)17-20(23)21-13-15-22-16-14-21/h9-12H,2-8,13-17H2,1H3. The van der Waals surface area contributed by atoms with Crippen molar-refractivity contribution in [2.75, 3.05) is 26.3 Å². The first kappa shape index (κ1) is 18.4. The molecule has 1 aromatic carbocycles. The predicted molar refractivity (Wildman–Crippen MR) is 102 cm³/mol. The maximum atomic E-state index is 5.58. The van der Waals surface area contributed by atoms with Crippen molar-refractivity contribution in [1.82, 2.24) is 4.90 Å². The molecule has 0 aromatic heterocycles. The Balaban J connectivity index is 1.68. The van der Waals surface area contributed by atoms with Crippen molar-refractivity contribution >= 4 is 17.2 Å². The van der Waals surface area contributed by atoms with E-state index in [1.54, 1.807) is 0 Å². The lowest BCUT2D eigenvalue weighted by molar-refractivity contribution is 0.0685. The largest absolute Gasteiger partial charge is 0.378 e. The van der Waals surface area contributed by atoms with Crippen molar-refractivity contribution in [3.8, 4) is 0 Å². The summed E-state index contributed by atoms with van der Waals surface area (Å²) in [6.45, 7) is 5.75. The van der Waals surface area contributed by atoms with Gasteiger partial charge in [-0.2, -0.15) is 0 Å². The van der Waals surface area contributed by atoms with E-state index < -0.39 is 0 Å². The van der Waals surface area contributed by atoms with Gasteiger partial charge in [-0.25, -0.2) is 0 Å². The Morgan fingerprint density at radius 2 is 1.57 bits per heavy atom. The van der Waals surface area contributed by atoms with Crippen LogP contribution in [0.2, 0.25) is 0 Å². The fourth-order valence-electron chi connectivity index (χ4n) is 3.03. The molecule has 0 bridgehead atoms. The van der Waals surface area contributed by atoms with Crippen molar-refractivity contribution in [2.45, 2.75) is 58.3 Å². The average Bonchev–Trinajstić information content (AvgIpc) is 2.60. The second-order valence-corrected chi connectivity index (χ2v) is 6.98. The van der Waals surface area contributed by atoms with Gasteiger partial charge >= 0.3 is 0 Å². The Kier molecular flexibility index (Phi) is 8.62. The average molecular weight is 334 g/mol. The maximum absolute atomic E-state index is 5.58. The van der Waals surface area contributed by atoms with Crippen molar-refractivity contribution < 1.29 is 4.74 Å². The number of rotatable bonds is 9. The summed E-state index contributed by atoms with van der Waals surface area (Å²) in [5.74, 6) is 0. The van der Waals surface area contributed by atoms with E-state index in [2.05, 4.69) is 36.1 Å². The van der Waals surface area contributed by atoms with Gasteiger partial charge in [-0.05, 0) is 24.0 Å². The second kappa shape index (κ2) is 10.8. The fourth-order valence-corrected chi connectivity index (χ4v) is 3.38. The highest BCUT2D eigenvalue weighted by Gasteiger charge is 2.13. The molecule has 1 aromatic rings. The van der Waals surface area contributed by atoms with Crippen LogP contribution in [0.1, 0.15) is 56.6 Å². The number of hydrogen-bond donors (Lipinski definition) is 0. The normalized spacial score (nSPS) is 14.9. The topological polar surface area (TPSA) is 12.5 Å². The summed E-state index contributed by atoms with van der Waals surface area (Å²) in [4.78, 5) is 3.33. The molecular formula is C20H31NOS. The molecule has 1 fully saturated rings. The summed E-state index contributed by atoms with van der Waals surface area (Å²) in [6.07, 6.45) is 10.3. The summed E-state index contributed by atoms with van der Waals surface area (Å²) in [5.41, 5.74) is 2.79. The van der Waals surface area contributed by atoms with Gasteiger partial charge in [0.1, 0.15) is 0 Å².